The Morgan fingerprint density at radius 1 is 1.13 bits per heavy atom. The number of hydrogen-bond donors (Lipinski definition) is 2. The Kier molecular flexibility index (Phi) is 7.38. The standard InChI is InChI=1S/C21H30N6O2S/c1-14-7-5-8-15(2)19(14)24-18(28)13-22-20(29)16(3)26-9-6-10-27(12-11-26)21-23-17(4)25-30-21/h5,7-8,16H,6,9-13H2,1-4H3,(H,22,29)(H,24,28). The van der Waals surface area contributed by atoms with Gasteiger partial charge in [-0.1, -0.05) is 18.2 Å². The number of rotatable bonds is 6. The molecule has 1 aromatic heterocycles. The van der Waals surface area contributed by atoms with Gasteiger partial charge in [-0.05, 0) is 45.2 Å². The Balaban J connectivity index is 1.48. The third-order valence-corrected chi connectivity index (χ3v) is 6.28. The van der Waals surface area contributed by atoms with E-state index in [0.717, 1.165) is 60.4 Å². The highest BCUT2D eigenvalue weighted by atomic mass is 32.1. The molecule has 1 aliphatic heterocycles. The summed E-state index contributed by atoms with van der Waals surface area (Å²) in [5.74, 6) is 0.441. The van der Waals surface area contributed by atoms with Gasteiger partial charge in [0.25, 0.3) is 0 Å². The van der Waals surface area contributed by atoms with Crippen molar-refractivity contribution in [3.63, 3.8) is 0 Å². The summed E-state index contributed by atoms with van der Waals surface area (Å²) < 4.78 is 4.26. The lowest BCUT2D eigenvalue weighted by atomic mass is 10.1. The van der Waals surface area contributed by atoms with Gasteiger partial charge in [-0.3, -0.25) is 14.5 Å². The number of aryl methyl sites for hydroxylation is 3. The fourth-order valence-corrected chi connectivity index (χ4v) is 4.33. The molecule has 1 saturated heterocycles. The van der Waals surface area contributed by atoms with Crippen molar-refractivity contribution >= 4 is 34.2 Å². The molecular weight excluding hydrogens is 400 g/mol. The van der Waals surface area contributed by atoms with Crippen LogP contribution in [0.15, 0.2) is 18.2 Å². The van der Waals surface area contributed by atoms with E-state index in [1.165, 1.54) is 11.5 Å². The molecule has 0 spiro atoms. The lowest BCUT2D eigenvalue weighted by molar-refractivity contribution is -0.127. The van der Waals surface area contributed by atoms with E-state index in [9.17, 15) is 9.59 Å². The van der Waals surface area contributed by atoms with Gasteiger partial charge in [0.05, 0.1) is 12.6 Å². The van der Waals surface area contributed by atoms with Crippen LogP contribution in [0.3, 0.4) is 0 Å². The van der Waals surface area contributed by atoms with Crippen LogP contribution in [0.25, 0.3) is 0 Å². The van der Waals surface area contributed by atoms with E-state index in [1.54, 1.807) is 0 Å². The number of nitrogens with zero attached hydrogens (tertiary/aromatic N) is 4. The molecule has 1 aliphatic rings. The van der Waals surface area contributed by atoms with E-state index in [4.69, 9.17) is 0 Å². The smallest absolute Gasteiger partial charge is 0.243 e. The normalized spacial score (nSPS) is 16.1. The van der Waals surface area contributed by atoms with Gasteiger partial charge in [0.1, 0.15) is 5.82 Å². The molecule has 30 heavy (non-hydrogen) atoms. The molecule has 0 radical (unpaired) electrons. The van der Waals surface area contributed by atoms with Gasteiger partial charge in [0, 0.05) is 43.4 Å². The number of anilines is 2. The molecule has 1 atom stereocenters. The van der Waals surface area contributed by atoms with Crippen molar-refractivity contribution in [2.45, 2.75) is 40.2 Å². The van der Waals surface area contributed by atoms with Crippen molar-refractivity contribution < 1.29 is 9.59 Å². The van der Waals surface area contributed by atoms with Crippen molar-refractivity contribution in [1.82, 2.24) is 19.6 Å². The first-order chi connectivity index (χ1) is 14.3. The Hall–Kier alpha value is -2.52. The van der Waals surface area contributed by atoms with Crippen LogP contribution in [0.1, 0.15) is 30.3 Å². The number of aromatic nitrogens is 2. The van der Waals surface area contributed by atoms with E-state index in [1.807, 2.05) is 45.9 Å². The van der Waals surface area contributed by atoms with Crippen molar-refractivity contribution in [2.24, 2.45) is 0 Å². The van der Waals surface area contributed by atoms with Crippen LogP contribution in [0.4, 0.5) is 10.8 Å². The number of amides is 2. The Labute approximate surface area is 181 Å². The predicted octanol–water partition coefficient (Wildman–Crippen LogP) is 2.12. The summed E-state index contributed by atoms with van der Waals surface area (Å²) in [6.45, 7) is 11.0. The van der Waals surface area contributed by atoms with E-state index >= 15 is 0 Å². The number of benzene rings is 1. The van der Waals surface area contributed by atoms with Crippen molar-refractivity contribution in [3.05, 3.63) is 35.2 Å². The molecular formula is C21H30N6O2S. The molecule has 0 saturated carbocycles. The highest BCUT2D eigenvalue weighted by molar-refractivity contribution is 7.09. The van der Waals surface area contributed by atoms with Crippen LogP contribution in [0.5, 0.6) is 0 Å². The number of hydrogen-bond acceptors (Lipinski definition) is 7. The summed E-state index contributed by atoms with van der Waals surface area (Å²) in [7, 11) is 0. The van der Waals surface area contributed by atoms with Gasteiger partial charge in [-0.15, -0.1) is 0 Å². The zero-order valence-corrected chi connectivity index (χ0v) is 18.9. The molecule has 2 N–H and O–H groups in total. The Morgan fingerprint density at radius 2 is 1.87 bits per heavy atom. The lowest BCUT2D eigenvalue weighted by Crippen LogP contribution is -2.48. The van der Waals surface area contributed by atoms with Gasteiger partial charge in [-0.2, -0.15) is 4.37 Å². The summed E-state index contributed by atoms with van der Waals surface area (Å²) in [5.41, 5.74) is 2.81. The third-order valence-electron chi connectivity index (χ3n) is 5.41. The van der Waals surface area contributed by atoms with E-state index in [-0.39, 0.29) is 24.4 Å². The summed E-state index contributed by atoms with van der Waals surface area (Å²) in [6.07, 6.45) is 0.948. The quantitative estimate of drug-likeness (QED) is 0.730. The van der Waals surface area contributed by atoms with Crippen molar-refractivity contribution in [1.29, 1.82) is 0 Å². The predicted molar refractivity (Wildman–Crippen MR) is 120 cm³/mol. The molecule has 0 bridgehead atoms. The maximum Gasteiger partial charge on any atom is 0.243 e. The first-order valence-electron chi connectivity index (χ1n) is 10.3. The van der Waals surface area contributed by atoms with Crippen molar-refractivity contribution in [3.8, 4) is 0 Å². The minimum Gasteiger partial charge on any atom is -0.346 e. The summed E-state index contributed by atoms with van der Waals surface area (Å²) in [5, 5.41) is 6.62. The molecule has 9 heteroatoms. The van der Waals surface area contributed by atoms with Gasteiger partial charge >= 0.3 is 0 Å². The SMILES string of the molecule is Cc1nsc(N2CCCN(C(C)C(=O)NCC(=O)Nc3c(C)cccc3C)CC2)n1. The lowest BCUT2D eigenvalue weighted by Gasteiger charge is -2.26. The molecule has 1 fully saturated rings. The first-order valence-corrected chi connectivity index (χ1v) is 11.1. The molecule has 2 amide bonds. The molecule has 1 aromatic carbocycles. The van der Waals surface area contributed by atoms with Gasteiger partial charge in [0.15, 0.2) is 0 Å². The Bertz CT molecular complexity index is 879. The fraction of sp³-hybridized carbons (Fsp3) is 0.524. The van der Waals surface area contributed by atoms with E-state index in [0.29, 0.717) is 0 Å². The summed E-state index contributed by atoms with van der Waals surface area (Å²) >= 11 is 1.42. The molecule has 162 valence electrons. The van der Waals surface area contributed by atoms with Crippen LogP contribution >= 0.6 is 11.5 Å². The molecule has 8 nitrogen and oxygen atoms in total. The van der Waals surface area contributed by atoms with Crippen LogP contribution < -0.4 is 15.5 Å². The zero-order chi connectivity index (χ0) is 21.7. The van der Waals surface area contributed by atoms with Crippen molar-refractivity contribution in [2.75, 3.05) is 42.9 Å². The highest BCUT2D eigenvalue weighted by Gasteiger charge is 2.25. The van der Waals surface area contributed by atoms with Gasteiger partial charge in [0.2, 0.25) is 16.9 Å². The monoisotopic (exact) mass is 430 g/mol. The highest BCUT2D eigenvalue weighted by Crippen LogP contribution is 2.20. The molecule has 2 aromatic rings. The van der Waals surface area contributed by atoms with Gasteiger partial charge < -0.3 is 15.5 Å². The topological polar surface area (TPSA) is 90.5 Å². The second-order valence-electron chi connectivity index (χ2n) is 7.71. The Morgan fingerprint density at radius 3 is 2.53 bits per heavy atom. The molecule has 0 aliphatic carbocycles. The minimum atomic E-state index is -0.297. The number of nitrogens with one attached hydrogen (secondary N) is 2. The van der Waals surface area contributed by atoms with Crippen LogP contribution in [-0.2, 0) is 9.59 Å². The first kappa shape index (κ1) is 22.2. The van der Waals surface area contributed by atoms with Crippen LogP contribution in [0, 0.1) is 20.8 Å². The van der Waals surface area contributed by atoms with E-state index in [2.05, 4.69) is 29.8 Å². The van der Waals surface area contributed by atoms with Crippen LogP contribution in [-0.4, -0.2) is 64.8 Å². The number of carbonyl (C=O) groups excluding carboxylic acids is 2. The minimum absolute atomic E-state index is 0.0407. The van der Waals surface area contributed by atoms with E-state index < -0.39 is 0 Å². The molecule has 1 unspecified atom stereocenters. The van der Waals surface area contributed by atoms with Crippen LogP contribution in [0.2, 0.25) is 0 Å². The maximum absolute atomic E-state index is 12.6. The molecule has 2 heterocycles. The second-order valence-corrected chi connectivity index (χ2v) is 8.44. The number of carbonyl (C=O) groups is 2. The second kappa shape index (κ2) is 9.99. The largest absolute Gasteiger partial charge is 0.346 e. The maximum atomic E-state index is 12.6. The third kappa shape index (κ3) is 5.54. The fourth-order valence-electron chi connectivity index (χ4n) is 3.61. The summed E-state index contributed by atoms with van der Waals surface area (Å²) in [4.78, 5) is 33.8. The average Bonchev–Trinajstić information content (AvgIpc) is 3.00. The zero-order valence-electron chi connectivity index (χ0n) is 18.1. The average molecular weight is 431 g/mol. The number of para-hydroxylation sites is 1. The van der Waals surface area contributed by atoms with Gasteiger partial charge in [-0.25, -0.2) is 4.98 Å². The molecule has 3 rings (SSSR count). The summed E-state index contributed by atoms with van der Waals surface area (Å²) in [6, 6.07) is 5.57.